The average molecular weight is 271 g/mol. The highest BCUT2D eigenvalue weighted by Gasteiger charge is 2.21. The summed E-state index contributed by atoms with van der Waals surface area (Å²) in [5, 5.41) is 0. The minimum Gasteiger partial charge on any atom is -0.333 e. The maximum absolute atomic E-state index is 4.66. The average Bonchev–Trinajstić information content (AvgIpc) is 2.84. The van der Waals surface area contributed by atoms with Crippen molar-refractivity contribution in [3.63, 3.8) is 0 Å². The van der Waals surface area contributed by atoms with Gasteiger partial charge in [-0.2, -0.15) is 0 Å². The van der Waals surface area contributed by atoms with Gasteiger partial charge in [0.25, 0.3) is 0 Å². The van der Waals surface area contributed by atoms with Crippen molar-refractivity contribution in [1.82, 2.24) is 24.4 Å². The van der Waals surface area contributed by atoms with Crippen LogP contribution >= 0.6 is 0 Å². The number of rotatable bonds is 2. The predicted molar refractivity (Wildman–Crippen MR) is 78.4 cm³/mol. The summed E-state index contributed by atoms with van der Waals surface area (Å²) in [7, 11) is 4.17. The molecule has 1 aliphatic heterocycles. The Morgan fingerprint density at radius 1 is 1.25 bits per heavy atom. The number of piperidine rings is 1. The van der Waals surface area contributed by atoms with E-state index in [2.05, 4.69) is 33.0 Å². The highest BCUT2D eigenvalue weighted by Crippen LogP contribution is 2.27. The number of hydrogen-bond acceptors (Lipinski definition) is 4. The van der Waals surface area contributed by atoms with Crippen LogP contribution in [0.4, 0.5) is 0 Å². The van der Waals surface area contributed by atoms with E-state index >= 15 is 0 Å². The lowest BCUT2D eigenvalue weighted by Crippen LogP contribution is -2.31. The van der Waals surface area contributed by atoms with Crippen molar-refractivity contribution in [1.29, 1.82) is 0 Å². The molecule has 2 aromatic rings. The van der Waals surface area contributed by atoms with Gasteiger partial charge >= 0.3 is 0 Å². The molecule has 20 heavy (non-hydrogen) atoms. The summed E-state index contributed by atoms with van der Waals surface area (Å²) in [5.74, 6) is 2.24. The Morgan fingerprint density at radius 3 is 2.80 bits per heavy atom. The molecule has 106 valence electrons. The Morgan fingerprint density at radius 2 is 2.10 bits per heavy atom. The third-order valence-corrected chi connectivity index (χ3v) is 3.95. The molecule has 5 heteroatoms. The number of likely N-dealkylation sites (N-methyl/N-ethyl adjacent to an activating group) is 1. The maximum Gasteiger partial charge on any atom is 0.158 e. The SMILES string of the molecule is Cc1nc(-c2nccn2C)cc(C2CCCN(C)C2)n1. The normalized spacial score (nSPS) is 20.2. The molecular weight excluding hydrogens is 250 g/mol. The first-order valence-electron chi connectivity index (χ1n) is 7.15. The number of aryl methyl sites for hydroxylation is 2. The van der Waals surface area contributed by atoms with Crippen LogP contribution < -0.4 is 0 Å². The summed E-state index contributed by atoms with van der Waals surface area (Å²) in [6.45, 7) is 4.23. The lowest BCUT2D eigenvalue weighted by atomic mass is 9.94. The van der Waals surface area contributed by atoms with Crippen LogP contribution in [0.2, 0.25) is 0 Å². The van der Waals surface area contributed by atoms with Crippen molar-refractivity contribution < 1.29 is 0 Å². The number of aromatic nitrogens is 4. The lowest BCUT2D eigenvalue weighted by Gasteiger charge is -2.29. The van der Waals surface area contributed by atoms with Gasteiger partial charge in [0.1, 0.15) is 11.5 Å². The van der Waals surface area contributed by atoms with Crippen LogP contribution in [0.3, 0.4) is 0 Å². The summed E-state index contributed by atoms with van der Waals surface area (Å²) in [6, 6.07) is 2.11. The highest BCUT2D eigenvalue weighted by molar-refractivity contribution is 5.50. The van der Waals surface area contributed by atoms with Gasteiger partial charge in [0, 0.05) is 37.6 Å². The Kier molecular flexibility index (Phi) is 3.53. The van der Waals surface area contributed by atoms with Gasteiger partial charge in [-0.1, -0.05) is 0 Å². The van der Waals surface area contributed by atoms with Gasteiger partial charge in [0.2, 0.25) is 0 Å². The van der Waals surface area contributed by atoms with Gasteiger partial charge in [-0.05, 0) is 39.4 Å². The molecule has 0 radical (unpaired) electrons. The highest BCUT2D eigenvalue weighted by atomic mass is 15.1. The third kappa shape index (κ3) is 2.58. The minimum atomic E-state index is 0.509. The van der Waals surface area contributed by atoms with Crippen LogP contribution in [0.5, 0.6) is 0 Å². The monoisotopic (exact) mass is 271 g/mol. The topological polar surface area (TPSA) is 46.8 Å². The van der Waals surface area contributed by atoms with Crippen LogP contribution in [0.15, 0.2) is 18.5 Å². The van der Waals surface area contributed by atoms with Gasteiger partial charge in [-0.15, -0.1) is 0 Å². The van der Waals surface area contributed by atoms with Gasteiger partial charge in [0.05, 0.1) is 0 Å². The van der Waals surface area contributed by atoms with E-state index in [0.717, 1.165) is 29.6 Å². The molecule has 0 saturated carbocycles. The molecule has 1 fully saturated rings. The fourth-order valence-electron chi connectivity index (χ4n) is 2.93. The summed E-state index contributed by atoms with van der Waals surface area (Å²) in [5.41, 5.74) is 2.08. The van der Waals surface area contributed by atoms with Gasteiger partial charge in [0.15, 0.2) is 5.82 Å². The van der Waals surface area contributed by atoms with E-state index < -0.39 is 0 Å². The van der Waals surface area contributed by atoms with E-state index in [4.69, 9.17) is 0 Å². The number of hydrogen-bond donors (Lipinski definition) is 0. The van der Waals surface area contributed by atoms with Crippen LogP contribution in [0.1, 0.15) is 30.3 Å². The number of imidazole rings is 1. The molecule has 1 aliphatic rings. The summed E-state index contributed by atoms with van der Waals surface area (Å²) >= 11 is 0. The second kappa shape index (κ2) is 5.32. The molecule has 0 bridgehead atoms. The fourth-order valence-corrected chi connectivity index (χ4v) is 2.93. The van der Waals surface area contributed by atoms with E-state index in [1.807, 2.05) is 24.7 Å². The molecule has 0 amide bonds. The standard InChI is InChI=1S/C15H21N5/c1-11-17-13(12-5-4-7-19(2)10-12)9-14(18-11)15-16-6-8-20(15)3/h6,8-9,12H,4-5,7,10H2,1-3H3. The summed E-state index contributed by atoms with van der Waals surface area (Å²) in [6.07, 6.45) is 6.20. The Hall–Kier alpha value is -1.75. The molecule has 2 aromatic heterocycles. The van der Waals surface area contributed by atoms with E-state index in [0.29, 0.717) is 5.92 Å². The molecule has 3 rings (SSSR count). The molecule has 5 nitrogen and oxygen atoms in total. The van der Waals surface area contributed by atoms with Crippen LogP contribution in [0.25, 0.3) is 11.5 Å². The predicted octanol–water partition coefficient (Wildman–Crippen LogP) is 1.99. The van der Waals surface area contributed by atoms with Crippen LogP contribution in [0, 0.1) is 6.92 Å². The van der Waals surface area contributed by atoms with Crippen molar-refractivity contribution in [3.05, 3.63) is 30.0 Å². The van der Waals surface area contributed by atoms with Crippen molar-refractivity contribution in [2.75, 3.05) is 20.1 Å². The lowest BCUT2D eigenvalue weighted by molar-refractivity contribution is 0.248. The summed E-state index contributed by atoms with van der Waals surface area (Å²) in [4.78, 5) is 16.0. The van der Waals surface area contributed by atoms with Crippen molar-refractivity contribution in [2.24, 2.45) is 7.05 Å². The second-order valence-corrected chi connectivity index (χ2v) is 5.69. The molecular formula is C15H21N5. The molecule has 1 saturated heterocycles. The largest absolute Gasteiger partial charge is 0.333 e. The first-order chi connectivity index (χ1) is 9.63. The quantitative estimate of drug-likeness (QED) is 0.838. The first-order valence-corrected chi connectivity index (χ1v) is 7.15. The van der Waals surface area contributed by atoms with Crippen LogP contribution in [-0.2, 0) is 7.05 Å². The van der Waals surface area contributed by atoms with Gasteiger partial charge in [-0.3, -0.25) is 0 Å². The van der Waals surface area contributed by atoms with E-state index in [9.17, 15) is 0 Å². The molecule has 0 spiro atoms. The van der Waals surface area contributed by atoms with E-state index in [-0.39, 0.29) is 0 Å². The first kappa shape index (κ1) is 13.2. The molecule has 1 atom stereocenters. The molecule has 1 unspecified atom stereocenters. The maximum atomic E-state index is 4.66. The minimum absolute atomic E-state index is 0.509. The van der Waals surface area contributed by atoms with Crippen molar-refractivity contribution in [3.8, 4) is 11.5 Å². The molecule has 0 aliphatic carbocycles. The Balaban J connectivity index is 1.96. The van der Waals surface area contributed by atoms with E-state index in [1.54, 1.807) is 6.20 Å². The third-order valence-electron chi connectivity index (χ3n) is 3.95. The molecule has 3 heterocycles. The Bertz CT molecular complexity index is 604. The smallest absolute Gasteiger partial charge is 0.158 e. The van der Waals surface area contributed by atoms with Crippen LogP contribution in [-0.4, -0.2) is 44.6 Å². The number of likely N-dealkylation sites (tertiary alicyclic amines) is 1. The molecule has 0 aromatic carbocycles. The zero-order valence-corrected chi connectivity index (χ0v) is 12.4. The van der Waals surface area contributed by atoms with Gasteiger partial charge in [-0.25, -0.2) is 15.0 Å². The fraction of sp³-hybridized carbons (Fsp3) is 0.533. The summed E-state index contributed by atoms with van der Waals surface area (Å²) < 4.78 is 2.00. The Labute approximate surface area is 119 Å². The van der Waals surface area contributed by atoms with E-state index in [1.165, 1.54) is 19.4 Å². The van der Waals surface area contributed by atoms with Gasteiger partial charge < -0.3 is 9.47 Å². The van der Waals surface area contributed by atoms with Crippen molar-refractivity contribution in [2.45, 2.75) is 25.7 Å². The molecule has 0 N–H and O–H groups in total. The van der Waals surface area contributed by atoms with Crippen molar-refractivity contribution >= 4 is 0 Å². The zero-order valence-electron chi connectivity index (χ0n) is 12.4. The number of nitrogens with zero attached hydrogens (tertiary/aromatic N) is 5. The second-order valence-electron chi connectivity index (χ2n) is 5.69. The zero-order chi connectivity index (χ0) is 14.1.